The zero-order valence-corrected chi connectivity index (χ0v) is 8.85. The number of thiazole rings is 1. The normalized spacial score (nSPS) is 10.3. The number of nitrogens with one attached hydrogen (secondary N) is 1. The first-order valence-electron chi connectivity index (χ1n) is 4.54. The summed E-state index contributed by atoms with van der Waals surface area (Å²) in [7, 11) is 0. The second-order valence-corrected chi connectivity index (χ2v) is 3.87. The van der Waals surface area contributed by atoms with Crippen molar-refractivity contribution in [3.05, 3.63) is 48.2 Å². The molecular formula is C11H10FN2S. The molecule has 0 atom stereocenters. The highest BCUT2D eigenvalue weighted by atomic mass is 32.1. The van der Waals surface area contributed by atoms with Crippen LogP contribution in [0.25, 0.3) is 0 Å². The maximum atomic E-state index is 12.9. The van der Waals surface area contributed by atoms with Gasteiger partial charge in [-0.25, -0.2) is 9.37 Å². The van der Waals surface area contributed by atoms with Crippen LogP contribution in [-0.4, -0.2) is 4.98 Å². The van der Waals surface area contributed by atoms with Crippen LogP contribution >= 0.6 is 11.3 Å². The Morgan fingerprint density at radius 2 is 2.33 bits per heavy atom. The molecule has 15 heavy (non-hydrogen) atoms. The fourth-order valence-electron chi connectivity index (χ4n) is 1.25. The van der Waals surface area contributed by atoms with Gasteiger partial charge in [-0.2, -0.15) is 0 Å². The van der Waals surface area contributed by atoms with Crippen molar-refractivity contribution < 1.29 is 4.39 Å². The molecule has 2 nitrogen and oxygen atoms in total. The highest BCUT2D eigenvalue weighted by Crippen LogP contribution is 2.25. The molecule has 0 amide bonds. The fraction of sp³-hybridized carbons (Fsp3) is 0.0909. The van der Waals surface area contributed by atoms with E-state index in [9.17, 15) is 4.39 Å². The van der Waals surface area contributed by atoms with Crippen LogP contribution in [-0.2, 0) is 6.42 Å². The van der Waals surface area contributed by atoms with Crippen LogP contribution in [0.3, 0.4) is 0 Å². The number of hydrogen-bond donors (Lipinski definition) is 1. The Labute approximate surface area is 91.8 Å². The van der Waals surface area contributed by atoms with E-state index in [2.05, 4.69) is 17.2 Å². The average Bonchev–Trinajstić information content (AvgIpc) is 2.65. The molecule has 0 fully saturated rings. The summed E-state index contributed by atoms with van der Waals surface area (Å²) < 4.78 is 12.9. The quantitative estimate of drug-likeness (QED) is 0.859. The fourth-order valence-corrected chi connectivity index (χ4v) is 2.00. The van der Waals surface area contributed by atoms with Crippen molar-refractivity contribution >= 4 is 22.0 Å². The first-order valence-corrected chi connectivity index (χ1v) is 5.42. The molecular weight excluding hydrogens is 211 g/mol. The second kappa shape index (κ2) is 4.40. The molecule has 77 valence electrons. The Balaban J connectivity index is 2.22. The van der Waals surface area contributed by atoms with Crippen LogP contribution < -0.4 is 5.32 Å². The Morgan fingerprint density at radius 3 is 3.07 bits per heavy atom. The van der Waals surface area contributed by atoms with Crippen LogP contribution in [0.1, 0.15) is 5.69 Å². The van der Waals surface area contributed by atoms with Gasteiger partial charge in [0.1, 0.15) is 10.8 Å². The van der Waals surface area contributed by atoms with E-state index in [0.29, 0.717) is 6.42 Å². The molecule has 1 aromatic carbocycles. The molecule has 0 saturated heterocycles. The van der Waals surface area contributed by atoms with Gasteiger partial charge in [-0.15, -0.1) is 11.3 Å². The van der Waals surface area contributed by atoms with Gasteiger partial charge in [0.05, 0.1) is 11.2 Å². The predicted octanol–water partition coefficient (Wildman–Crippen LogP) is 3.40. The monoisotopic (exact) mass is 221 g/mol. The van der Waals surface area contributed by atoms with E-state index in [1.807, 2.05) is 6.07 Å². The second-order valence-electron chi connectivity index (χ2n) is 3.01. The molecule has 1 radical (unpaired) electrons. The van der Waals surface area contributed by atoms with Gasteiger partial charge in [0.25, 0.3) is 0 Å². The topological polar surface area (TPSA) is 24.9 Å². The summed E-state index contributed by atoms with van der Waals surface area (Å²) in [5.74, 6) is -0.249. The van der Waals surface area contributed by atoms with Crippen molar-refractivity contribution in [2.45, 2.75) is 6.42 Å². The summed E-state index contributed by atoms with van der Waals surface area (Å²) in [6.07, 6.45) is 0.626. The number of anilines is 2. The number of nitrogens with zero attached hydrogens (tertiary/aromatic N) is 1. The van der Waals surface area contributed by atoms with Crippen LogP contribution in [0.5, 0.6) is 0 Å². The Hall–Kier alpha value is -1.42. The summed E-state index contributed by atoms with van der Waals surface area (Å²) >= 11 is 1.49. The third-order valence-corrected chi connectivity index (χ3v) is 2.74. The van der Waals surface area contributed by atoms with E-state index < -0.39 is 0 Å². The van der Waals surface area contributed by atoms with Crippen molar-refractivity contribution in [3.8, 4) is 0 Å². The Morgan fingerprint density at radius 1 is 1.47 bits per heavy atom. The zero-order valence-electron chi connectivity index (χ0n) is 8.03. The van der Waals surface area contributed by atoms with Crippen molar-refractivity contribution in [2.75, 3.05) is 5.32 Å². The Kier molecular flexibility index (Phi) is 2.97. The molecule has 4 heteroatoms. The van der Waals surface area contributed by atoms with E-state index in [4.69, 9.17) is 0 Å². The van der Waals surface area contributed by atoms with Gasteiger partial charge in [0.2, 0.25) is 0 Å². The van der Waals surface area contributed by atoms with E-state index in [0.717, 1.165) is 16.4 Å². The van der Waals surface area contributed by atoms with Crippen molar-refractivity contribution in [3.63, 3.8) is 0 Å². The van der Waals surface area contributed by atoms with E-state index in [-0.39, 0.29) is 5.82 Å². The largest absolute Gasteiger partial charge is 0.346 e. The number of aromatic nitrogens is 1. The minimum atomic E-state index is -0.249. The van der Waals surface area contributed by atoms with Gasteiger partial charge in [-0.3, -0.25) is 0 Å². The Bertz CT molecular complexity index is 453. The number of hydrogen-bond acceptors (Lipinski definition) is 3. The summed E-state index contributed by atoms with van der Waals surface area (Å²) in [6, 6.07) is 6.35. The summed E-state index contributed by atoms with van der Waals surface area (Å²) in [5, 5.41) is 4.05. The van der Waals surface area contributed by atoms with Crippen LogP contribution in [0.15, 0.2) is 29.8 Å². The number of rotatable bonds is 3. The molecule has 1 aromatic heterocycles. The highest BCUT2D eigenvalue weighted by Gasteiger charge is 2.04. The molecule has 0 aliphatic carbocycles. The van der Waals surface area contributed by atoms with Gasteiger partial charge in [0.15, 0.2) is 0 Å². The smallest absolute Gasteiger partial charge is 0.125 e. The predicted molar refractivity (Wildman–Crippen MR) is 60.9 cm³/mol. The molecule has 0 unspecified atom stereocenters. The lowest BCUT2D eigenvalue weighted by Gasteiger charge is -2.04. The van der Waals surface area contributed by atoms with Crippen molar-refractivity contribution in [2.24, 2.45) is 0 Å². The average molecular weight is 221 g/mol. The van der Waals surface area contributed by atoms with Gasteiger partial charge in [-0.05, 0) is 31.5 Å². The third-order valence-electron chi connectivity index (χ3n) is 1.96. The summed E-state index contributed by atoms with van der Waals surface area (Å²) in [5.41, 5.74) is 3.39. The van der Waals surface area contributed by atoms with Gasteiger partial charge >= 0.3 is 0 Å². The maximum Gasteiger partial charge on any atom is 0.125 e. The summed E-state index contributed by atoms with van der Waals surface area (Å²) in [4.78, 5) is 4.15. The molecule has 2 aromatic rings. The number of halogens is 1. The van der Waals surface area contributed by atoms with Crippen LogP contribution in [0, 0.1) is 12.7 Å². The molecule has 0 bridgehead atoms. The molecule has 1 N–H and O–H groups in total. The first-order chi connectivity index (χ1) is 7.29. The highest BCUT2D eigenvalue weighted by molar-refractivity contribution is 7.14. The first kappa shape index (κ1) is 10.1. The van der Waals surface area contributed by atoms with Crippen molar-refractivity contribution in [1.29, 1.82) is 0 Å². The van der Waals surface area contributed by atoms with E-state index >= 15 is 0 Å². The van der Waals surface area contributed by atoms with Crippen molar-refractivity contribution in [1.82, 2.24) is 4.98 Å². The minimum absolute atomic E-state index is 0.249. The SMILES string of the molecule is [CH2]Cc1ncsc1Nc1cccc(F)c1. The minimum Gasteiger partial charge on any atom is -0.346 e. The van der Waals surface area contributed by atoms with E-state index in [1.54, 1.807) is 11.6 Å². The van der Waals surface area contributed by atoms with Crippen LogP contribution in [0.2, 0.25) is 0 Å². The molecule has 0 aliphatic rings. The summed E-state index contributed by atoms with van der Waals surface area (Å²) in [6.45, 7) is 3.78. The van der Waals surface area contributed by atoms with Gasteiger partial charge in [-0.1, -0.05) is 6.07 Å². The molecule has 0 aliphatic heterocycles. The van der Waals surface area contributed by atoms with E-state index in [1.165, 1.54) is 23.5 Å². The molecule has 1 heterocycles. The van der Waals surface area contributed by atoms with Gasteiger partial charge in [0, 0.05) is 5.69 Å². The zero-order chi connectivity index (χ0) is 10.7. The molecule has 0 spiro atoms. The lowest BCUT2D eigenvalue weighted by Crippen LogP contribution is -1.92. The van der Waals surface area contributed by atoms with Gasteiger partial charge < -0.3 is 5.32 Å². The number of benzene rings is 1. The standard InChI is InChI=1S/C11H10FN2S/c1-2-10-11(15-7-13-10)14-9-5-3-4-8(12)6-9/h3-7,14H,1-2H2. The molecule has 2 rings (SSSR count). The molecule has 0 saturated carbocycles. The third kappa shape index (κ3) is 2.33. The lowest BCUT2D eigenvalue weighted by atomic mass is 10.3. The lowest BCUT2D eigenvalue weighted by molar-refractivity contribution is 0.628. The maximum absolute atomic E-state index is 12.9. The van der Waals surface area contributed by atoms with Crippen LogP contribution in [0.4, 0.5) is 15.1 Å².